The van der Waals surface area contributed by atoms with E-state index in [9.17, 15) is 34.2 Å². The van der Waals surface area contributed by atoms with Crippen LogP contribution in [0.15, 0.2) is 5.11 Å². The second kappa shape index (κ2) is 17.0. The molecular weight excluding hydrogens is 452 g/mol. The summed E-state index contributed by atoms with van der Waals surface area (Å²) < 4.78 is 0. The molecule has 0 aliphatic heterocycles. The summed E-state index contributed by atoms with van der Waals surface area (Å²) in [6.07, 6.45) is 3.63. The van der Waals surface area contributed by atoms with E-state index in [2.05, 4.69) is 26.0 Å². The maximum atomic E-state index is 12.1. The zero-order valence-electron chi connectivity index (χ0n) is 19.3. The van der Waals surface area contributed by atoms with Gasteiger partial charge in [-0.1, -0.05) is 18.0 Å². The Hall–Kier alpha value is -3.54. The lowest BCUT2D eigenvalue weighted by Crippen LogP contribution is -2.57. The van der Waals surface area contributed by atoms with Gasteiger partial charge in [0.2, 0.25) is 5.91 Å². The van der Waals surface area contributed by atoms with Gasteiger partial charge in [-0.05, 0) is 51.0 Å². The Morgan fingerprint density at radius 1 is 0.971 bits per heavy atom. The summed E-state index contributed by atoms with van der Waals surface area (Å²) >= 11 is 0. The first-order valence-electron chi connectivity index (χ1n) is 11.1. The zero-order valence-corrected chi connectivity index (χ0v) is 19.3. The summed E-state index contributed by atoms with van der Waals surface area (Å²) in [5.74, 6) is -4.09. The molecule has 0 bridgehead atoms. The summed E-state index contributed by atoms with van der Waals surface area (Å²) in [5.41, 5.74) is 6.29. The smallest absolute Gasteiger partial charge is 0.329 e. The Kier molecular flexibility index (Phi) is 15.2. The van der Waals surface area contributed by atoms with Crippen molar-refractivity contribution in [3.63, 3.8) is 0 Å². The number of aliphatic carboxylic acids is 3. The summed E-state index contributed by atoms with van der Waals surface area (Å²) in [5, 5.41) is 37.8. The highest BCUT2D eigenvalue weighted by atomic mass is 16.4. The normalized spacial score (nSPS) is 13.0. The number of carbonyl (C=O) groups is 5. The number of rotatable bonds is 19. The van der Waals surface area contributed by atoms with E-state index in [4.69, 9.17) is 10.6 Å². The maximum Gasteiger partial charge on any atom is 0.329 e. The van der Waals surface area contributed by atoms with Gasteiger partial charge in [0.05, 0.1) is 0 Å². The molecule has 192 valence electrons. The minimum Gasteiger partial charge on any atom is -0.481 e. The third-order valence-corrected chi connectivity index (χ3v) is 5.02. The fraction of sp³-hybridized carbons (Fsp3) is 0.750. The van der Waals surface area contributed by atoms with Crippen LogP contribution in [0.1, 0.15) is 71.1 Å². The summed E-state index contributed by atoms with van der Waals surface area (Å²) in [7, 11) is 0. The molecule has 3 amide bonds. The fourth-order valence-corrected chi connectivity index (χ4v) is 2.94. The summed E-state index contributed by atoms with van der Waals surface area (Å²) in [6, 6.07) is -2.31. The van der Waals surface area contributed by atoms with Crippen molar-refractivity contribution in [1.29, 1.82) is 0 Å². The SMILES string of the molecule is C[C@@](CCC(=O)O)(NC(=O)N[C@@H](CCCCNC(=O)CCCCCCN=[N+]=[N-])C(=O)O)C(=O)O. The van der Waals surface area contributed by atoms with Crippen LogP contribution in [-0.4, -0.2) is 69.8 Å². The van der Waals surface area contributed by atoms with Gasteiger partial charge in [-0.2, -0.15) is 0 Å². The van der Waals surface area contributed by atoms with Crippen molar-refractivity contribution in [2.75, 3.05) is 13.1 Å². The van der Waals surface area contributed by atoms with Gasteiger partial charge < -0.3 is 31.3 Å². The molecule has 6 N–H and O–H groups in total. The second-order valence-corrected chi connectivity index (χ2v) is 7.98. The van der Waals surface area contributed by atoms with Gasteiger partial charge in [0.15, 0.2) is 0 Å². The van der Waals surface area contributed by atoms with Crippen LogP contribution in [0, 0.1) is 0 Å². The van der Waals surface area contributed by atoms with Crippen LogP contribution in [-0.2, 0) is 19.2 Å². The Labute approximate surface area is 197 Å². The Balaban J connectivity index is 4.27. The maximum absolute atomic E-state index is 12.1. The number of hydrogen-bond acceptors (Lipinski definition) is 6. The molecule has 0 aromatic carbocycles. The minimum atomic E-state index is -1.87. The van der Waals surface area contributed by atoms with Crippen LogP contribution in [0.5, 0.6) is 0 Å². The Morgan fingerprint density at radius 2 is 1.65 bits per heavy atom. The molecule has 0 aliphatic rings. The number of urea groups is 1. The van der Waals surface area contributed by atoms with E-state index in [0.717, 1.165) is 26.2 Å². The van der Waals surface area contributed by atoms with Crippen LogP contribution in [0.3, 0.4) is 0 Å². The number of carbonyl (C=O) groups excluding carboxylic acids is 2. The molecular formula is C20H34N6O8. The number of hydrogen-bond donors (Lipinski definition) is 6. The number of carboxylic acids is 3. The molecule has 0 radical (unpaired) electrons. The molecule has 0 aromatic rings. The minimum absolute atomic E-state index is 0.0582. The molecule has 0 rings (SSSR count). The lowest BCUT2D eigenvalue weighted by Gasteiger charge is -2.26. The molecule has 14 nitrogen and oxygen atoms in total. The fourth-order valence-electron chi connectivity index (χ4n) is 2.94. The molecule has 34 heavy (non-hydrogen) atoms. The molecule has 2 atom stereocenters. The van der Waals surface area contributed by atoms with E-state index in [0.29, 0.717) is 38.8 Å². The van der Waals surface area contributed by atoms with Gasteiger partial charge in [0, 0.05) is 30.8 Å². The van der Waals surface area contributed by atoms with Gasteiger partial charge in [0.1, 0.15) is 11.6 Å². The number of nitrogens with one attached hydrogen (secondary N) is 3. The molecule has 0 aromatic heterocycles. The van der Waals surface area contributed by atoms with E-state index in [-0.39, 0.29) is 18.7 Å². The highest BCUT2D eigenvalue weighted by molar-refractivity contribution is 5.88. The lowest BCUT2D eigenvalue weighted by molar-refractivity contribution is -0.145. The van der Waals surface area contributed by atoms with Crippen LogP contribution >= 0.6 is 0 Å². The first-order valence-corrected chi connectivity index (χ1v) is 11.1. The molecule has 0 saturated heterocycles. The highest BCUT2D eigenvalue weighted by Gasteiger charge is 2.36. The van der Waals surface area contributed by atoms with E-state index in [1.807, 2.05) is 0 Å². The van der Waals surface area contributed by atoms with Crippen molar-refractivity contribution in [2.24, 2.45) is 5.11 Å². The van der Waals surface area contributed by atoms with Crippen molar-refractivity contribution < 1.29 is 39.3 Å². The van der Waals surface area contributed by atoms with Crippen LogP contribution in [0.2, 0.25) is 0 Å². The zero-order chi connectivity index (χ0) is 26.0. The lowest BCUT2D eigenvalue weighted by atomic mass is 9.96. The van der Waals surface area contributed by atoms with E-state index in [1.165, 1.54) is 0 Å². The highest BCUT2D eigenvalue weighted by Crippen LogP contribution is 2.13. The van der Waals surface area contributed by atoms with Crippen molar-refractivity contribution in [3.05, 3.63) is 10.4 Å². The molecule has 14 heteroatoms. The van der Waals surface area contributed by atoms with Crippen LogP contribution < -0.4 is 16.0 Å². The monoisotopic (exact) mass is 486 g/mol. The standard InChI is InChI=1S/C20H34N6O8/c1-20(18(32)33,11-10-16(28)29)25-19(34)24-14(17(30)31)8-5-7-12-22-15(27)9-4-2-3-6-13-23-26-21/h14H,2-13H2,1H3,(H,22,27)(H,28,29)(H,30,31)(H,32,33)(H2,24,25,34)/t14-,20-/m0/s1. The third kappa shape index (κ3) is 14.5. The van der Waals surface area contributed by atoms with E-state index >= 15 is 0 Å². The number of carboxylic acid groups (broad SMARTS) is 3. The van der Waals surface area contributed by atoms with Crippen molar-refractivity contribution in [3.8, 4) is 0 Å². The largest absolute Gasteiger partial charge is 0.481 e. The third-order valence-electron chi connectivity index (χ3n) is 5.02. The van der Waals surface area contributed by atoms with Gasteiger partial charge in [-0.3, -0.25) is 9.59 Å². The van der Waals surface area contributed by atoms with E-state index < -0.39 is 41.9 Å². The van der Waals surface area contributed by atoms with Gasteiger partial charge >= 0.3 is 23.9 Å². The Bertz CT molecular complexity index is 755. The first-order chi connectivity index (χ1) is 16.0. The second-order valence-electron chi connectivity index (χ2n) is 7.98. The molecule has 0 saturated carbocycles. The molecule has 0 aliphatic carbocycles. The van der Waals surface area contributed by atoms with Crippen LogP contribution in [0.4, 0.5) is 4.79 Å². The summed E-state index contributed by atoms with van der Waals surface area (Å²) in [6.45, 7) is 1.93. The average molecular weight is 487 g/mol. The molecule has 0 unspecified atom stereocenters. The van der Waals surface area contributed by atoms with Crippen molar-refractivity contribution in [2.45, 2.75) is 82.7 Å². The Morgan fingerprint density at radius 3 is 2.24 bits per heavy atom. The molecule has 0 fully saturated rings. The number of azide groups is 1. The number of unbranched alkanes of at least 4 members (excludes halogenated alkanes) is 4. The summed E-state index contributed by atoms with van der Waals surface area (Å²) in [4.78, 5) is 60.1. The molecule has 0 spiro atoms. The predicted molar refractivity (Wildman–Crippen MR) is 120 cm³/mol. The predicted octanol–water partition coefficient (Wildman–Crippen LogP) is 1.99. The van der Waals surface area contributed by atoms with Gasteiger partial charge in [0.25, 0.3) is 0 Å². The van der Waals surface area contributed by atoms with Gasteiger partial charge in [-0.15, -0.1) is 0 Å². The topological polar surface area (TPSA) is 231 Å². The quantitative estimate of drug-likeness (QED) is 0.0682. The van der Waals surface area contributed by atoms with Gasteiger partial charge in [-0.25, -0.2) is 14.4 Å². The number of amides is 3. The first kappa shape index (κ1) is 30.5. The number of nitrogens with zero attached hydrogens (tertiary/aromatic N) is 3. The van der Waals surface area contributed by atoms with Crippen molar-refractivity contribution >= 4 is 29.8 Å². The van der Waals surface area contributed by atoms with Crippen molar-refractivity contribution in [1.82, 2.24) is 16.0 Å². The molecule has 0 heterocycles. The van der Waals surface area contributed by atoms with E-state index in [1.54, 1.807) is 0 Å². The van der Waals surface area contributed by atoms with Crippen LogP contribution in [0.25, 0.3) is 10.4 Å². The average Bonchev–Trinajstić information content (AvgIpc) is 2.75.